The maximum Gasteiger partial charge on any atom is 0.274 e. The van der Waals surface area contributed by atoms with Gasteiger partial charge in [0.15, 0.2) is 5.82 Å². The second kappa shape index (κ2) is 7.56. The number of morpholine rings is 1. The van der Waals surface area contributed by atoms with Crippen LogP contribution < -0.4 is 5.56 Å². The Morgan fingerprint density at radius 1 is 1.40 bits per heavy atom. The number of aryl methyl sites for hydroxylation is 2. The summed E-state index contributed by atoms with van der Waals surface area (Å²) in [5.74, 6) is 1.12. The molecule has 1 N–H and O–H groups in total. The van der Waals surface area contributed by atoms with Gasteiger partial charge >= 0.3 is 0 Å². The summed E-state index contributed by atoms with van der Waals surface area (Å²) < 4.78 is 7.03. The molecule has 0 spiro atoms. The maximum absolute atomic E-state index is 12.7. The molecule has 1 aliphatic rings. The van der Waals surface area contributed by atoms with Crippen molar-refractivity contribution in [2.75, 3.05) is 19.7 Å². The van der Waals surface area contributed by atoms with Crippen LogP contribution in [0.2, 0.25) is 0 Å². The van der Waals surface area contributed by atoms with Gasteiger partial charge < -0.3 is 9.64 Å². The van der Waals surface area contributed by atoms with Crippen LogP contribution in [-0.2, 0) is 17.7 Å². The Hall–Kier alpha value is -2.55. The van der Waals surface area contributed by atoms with E-state index in [2.05, 4.69) is 20.3 Å². The van der Waals surface area contributed by atoms with E-state index in [9.17, 15) is 9.59 Å². The standard InChI is InChI=1S/C16H22N6O3/c1-3-7-22-14(23)6-5-11(20-22)16(24)21-8-9-25-12(10-21)15-17-13(4-2)18-19-15/h5-6,12H,3-4,7-10H2,1-2H3,(H,17,18,19)/t12-/m1/s1. The fraction of sp³-hybridized carbons (Fsp3) is 0.562. The number of aromatic nitrogens is 5. The van der Waals surface area contributed by atoms with Crippen LogP contribution >= 0.6 is 0 Å². The number of carbonyl (C=O) groups is 1. The van der Waals surface area contributed by atoms with E-state index < -0.39 is 0 Å². The quantitative estimate of drug-likeness (QED) is 0.847. The highest BCUT2D eigenvalue weighted by atomic mass is 16.5. The molecule has 3 heterocycles. The van der Waals surface area contributed by atoms with Gasteiger partial charge in [-0.05, 0) is 12.5 Å². The van der Waals surface area contributed by atoms with Crippen molar-refractivity contribution in [2.24, 2.45) is 0 Å². The fourth-order valence-electron chi connectivity index (χ4n) is 2.70. The Morgan fingerprint density at radius 2 is 2.24 bits per heavy atom. The first-order valence-electron chi connectivity index (χ1n) is 8.52. The third-order valence-electron chi connectivity index (χ3n) is 4.05. The summed E-state index contributed by atoms with van der Waals surface area (Å²) in [5.41, 5.74) is 0.0593. The van der Waals surface area contributed by atoms with Crippen molar-refractivity contribution >= 4 is 5.91 Å². The maximum atomic E-state index is 12.7. The summed E-state index contributed by atoms with van der Waals surface area (Å²) in [6.07, 6.45) is 1.16. The van der Waals surface area contributed by atoms with Gasteiger partial charge in [0.05, 0.1) is 13.2 Å². The van der Waals surface area contributed by atoms with E-state index in [-0.39, 0.29) is 23.3 Å². The molecular weight excluding hydrogens is 324 g/mol. The van der Waals surface area contributed by atoms with E-state index in [1.54, 1.807) is 4.90 Å². The highest BCUT2D eigenvalue weighted by Crippen LogP contribution is 2.20. The zero-order chi connectivity index (χ0) is 17.8. The Kier molecular flexibility index (Phi) is 5.22. The summed E-state index contributed by atoms with van der Waals surface area (Å²) in [7, 11) is 0. The van der Waals surface area contributed by atoms with Crippen LogP contribution in [0.5, 0.6) is 0 Å². The topological polar surface area (TPSA) is 106 Å². The van der Waals surface area contributed by atoms with E-state index in [1.807, 2.05) is 13.8 Å². The normalized spacial score (nSPS) is 17.7. The highest BCUT2D eigenvalue weighted by molar-refractivity contribution is 5.92. The van der Waals surface area contributed by atoms with Crippen molar-refractivity contribution < 1.29 is 9.53 Å². The van der Waals surface area contributed by atoms with Gasteiger partial charge in [-0.1, -0.05) is 13.8 Å². The van der Waals surface area contributed by atoms with Gasteiger partial charge in [0.1, 0.15) is 17.6 Å². The van der Waals surface area contributed by atoms with E-state index in [0.29, 0.717) is 32.1 Å². The Labute approximate surface area is 145 Å². The van der Waals surface area contributed by atoms with E-state index >= 15 is 0 Å². The number of carbonyl (C=O) groups excluding carboxylic acids is 1. The Bertz CT molecular complexity index is 799. The molecule has 25 heavy (non-hydrogen) atoms. The zero-order valence-electron chi connectivity index (χ0n) is 14.4. The number of H-pyrrole nitrogens is 1. The van der Waals surface area contributed by atoms with Gasteiger partial charge in [-0.15, -0.1) is 0 Å². The highest BCUT2D eigenvalue weighted by Gasteiger charge is 2.29. The van der Waals surface area contributed by atoms with Gasteiger partial charge in [-0.2, -0.15) is 10.2 Å². The Morgan fingerprint density at radius 3 is 2.96 bits per heavy atom. The summed E-state index contributed by atoms with van der Waals surface area (Å²) in [6.45, 7) is 5.66. The fourth-order valence-corrected chi connectivity index (χ4v) is 2.70. The molecule has 0 aromatic carbocycles. The number of hydrogen-bond donors (Lipinski definition) is 1. The molecule has 0 radical (unpaired) electrons. The molecule has 134 valence electrons. The lowest BCUT2D eigenvalue weighted by molar-refractivity contribution is -0.0269. The van der Waals surface area contributed by atoms with Crippen molar-refractivity contribution in [3.63, 3.8) is 0 Å². The van der Waals surface area contributed by atoms with Crippen LogP contribution in [0.25, 0.3) is 0 Å². The van der Waals surface area contributed by atoms with Crippen LogP contribution in [0.15, 0.2) is 16.9 Å². The number of nitrogens with one attached hydrogen (secondary N) is 1. The van der Waals surface area contributed by atoms with Crippen LogP contribution in [0.3, 0.4) is 0 Å². The molecule has 1 saturated heterocycles. The first-order valence-corrected chi connectivity index (χ1v) is 8.52. The minimum absolute atomic E-state index is 0.203. The minimum Gasteiger partial charge on any atom is -0.366 e. The van der Waals surface area contributed by atoms with Crippen molar-refractivity contribution in [3.8, 4) is 0 Å². The average molecular weight is 346 g/mol. The summed E-state index contributed by atoms with van der Waals surface area (Å²) in [6, 6.07) is 2.86. The van der Waals surface area contributed by atoms with Crippen molar-refractivity contribution in [1.82, 2.24) is 29.9 Å². The molecule has 9 heteroatoms. The largest absolute Gasteiger partial charge is 0.366 e. The molecule has 0 saturated carbocycles. The lowest BCUT2D eigenvalue weighted by Gasteiger charge is -2.31. The van der Waals surface area contributed by atoms with Crippen LogP contribution in [0.1, 0.15) is 48.5 Å². The van der Waals surface area contributed by atoms with Crippen LogP contribution in [0, 0.1) is 0 Å². The second-order valence-electron chi connectivity index (χ2n) is 5.88. The van der Waals surface area contributed by atoms with Gasteiger partial charge in [-0.25, -0.2) is 9.67 Å². The second-order valence-corrected chi connectivity index (χ2v) is 5.88. The molecular formula is C16H22N6O3. The third-order valence-corrected chi connectivity index (χ3v) is 4.05. The molecule has 1 amide bonds. The molecule has 0 bridgehead atoms. The average Bonchev–Trinajstić information content (AvgIpc) is 3.12. The lowest BCUT2D eigenvalue weighted by atomic mass is 10.2. The number of rotatable bonds is 5. The molecule has 1 atom stereocenters. The summed E-state index contributed by atoms with van der Waals surface area (Å²) in [5, 5.41) is 11.2. The molecule has 2 aromatic rings. The van der Waals surface area contributed by atoms with Gasteiger partial charge in [0.25, 0.3) is 11.5 Å². The van der Waals surface area contributed by atoms with Crippen molar-refractivity contribution in [2.45, 2.75) is 39.3 Å². The van der Waals surface area contributed by atoms with E-state index in [1.165, 1.54) is 16.8 Å². The molecule has 2 aromatic heterocycles. The molecule has 1 fully saturated rings. The monoisotopic (exact) mass is 346 g/mol. The Balaban J connectivity index is 1.75. The number of aromatic amines is 1. The van der Waals surface area contributed by atoms with Gasteiger partial charge in [0, 0.05) is 25.6 Å². The molecule has 3 rings (SSSR count). The number of nitrogens with zero attached hydrogens (tertiary/aromatic N) is 5. The van der Waals surface area contributed by atoms with Gasteiger partial charge in [0.2, 0.25) is 0 Å². The molecule has 9 nitrogen and oxygen atoms in total. The van der Waals surface area contributed by atoms with Crippen LogP contribution in [0.4, 0.5) is 0 Å². The summed E-state index contributed by atoms with van der Waals surface area (Å²) in [4.78, 5) is 30.6. The predicted molar refractivity (Wildman–Crippen MR) is 89.1 cm³/mol. The number of amides is 1. The van der Waals surface area contributed by atoms with E-state index in [0.717, 1.165) is 18.7 Å². The zero-order valence-corrected chi connectivity index (χ0v) is 14.4. The molecule has 0 aliphatic carbocycles. The van der Waals surface area contributed by atoms with Crippen molar-refractivity contribution in [3.05, 3.63) is 39.8 Å². The lowest BCUT2D eigenvalue weighted by Crippen LogP contribution is -2.43. The van der Waals surface area contributed by atoms with E-state index in [4.69, 9.17) is 4.74 Å². The number of hydrogen-bond acceptors (Lipinski definition) is 6. The first-order chi connectivity index (χ1) is 12.1. The first kappa shape index (κ1) is 17.3. The van der Waals surface area contributed by atoms with Crippen molar-refractivity contribution in [1.29, 1.82) is 0 Å². The molecule has 0 unspecified atom stereocenters. The smallest absolute Gasteiger partial charge is 0.274 e. The van der Waals surface area contributed by atoms with Gasteiger partial charge in [-0.3, -0.25) is 14.7 Å². The summed E-state index contributed by atoms with van der Waals surface area (Å²) >= 11 is 0. The third kappa shape index (κ3) is 3.76. The van der Waals surface area contributed by atoms with Crippen LogP contribution in [-0.4, -0.2) is 55.5 Å². The SMILES string of the molecule is CCCn1nc(C(=O)N2CCO[C@@H](c3n[nH]c(CC)n3)C2)ccc1=O. The minimum atomic E-state index is -0.365. The number of ether oxygens (including phenoxy) is 1. The predicted octanol–water partition coefficient (Wildman–Crippen LogP) is 0.547. The molecule has 1 aliphatic heterocycles.